The molecule has 3 aromatic rings. The number of halogens is 2. The molecular formula is C18H14ClFN2O2. The largest absolute Gasteiger partial charge is 0.372 e. The van der Waals surface area contributed by atoms with E-state index in [0.29, 0.717) is 27.1 Å². The number of carbonyl (C=O) groups excluding carboxylic acids is 1. The molecule has 1 aromatic heterocycles. The van der Waals surface area contributed by atoms with E-state index in [-0.39, 0.29) is 5.56 Å². The van der Waals surface area contributed by atoms with Gasteiger partial charge in [0.05, 0.1) is 10.5 Å². The summed E-state index contributed by atoms with van der Waals surface area (Å²) in [6.07, 6.45) is 0.878. The second kappa shape index (κ2) is 6.55. The highest BCUT2D eigenvalue weighted by atomic mass is 35.5. The molecule has 0 aliphatic rings. The van der Waals surface area contributed by atoms with Crippen LogP contribution in [0.25, 0.3) is 10.9 Å². The molecule has 0 aliphatic heterocycles. The minimum absolute atomic E-state index is 0.197. The fourth-order valence-electron chi connectivity index (χ4n) is 2.78. The van der Waals surface area contributed by atoms with Crippen molar-refractivity contribution < 1.29 is 13.9 Å². The Balaban J connectivity index is 2.35. The Hall–Kier alpha value is -2.50. The summed E-state index contributed by atoms with van der Waals surface area (Å²) in [4.78, 5) is 16.3. The first kappa shape index (κ1) is 16.4. The van der Waals surface area contributed by atoms with Gasteiger partial charge in [-0.05, 0) is 35.9 Å². The minimum Gasteiger partial charge on any atom is -0.372 e. The lowest BCUT2D eigenvalue weighted by atomic mass is 9.93. The Bertz CT molecular complexity index is 930. The first-order valence-electron chi connectivity index (χ1n) is 7.18. The average molecular weight is 345 g/mol. The number of primary amides is 1. The number of pyridine rings is 1. The average Bonchev–Trinajstić information content (AvgIpc) is 2.57. The van der Waals surface area contributed by atoms with Crippen molar-refractivity contribution >= 4 is 28.4 Å². The molecule has 1 heterocycles. The molecule has 0 spiro atoms. The van der Waals surface area contributed by atoms with Gasteiger partial charge in [-0.25, -0.2) is 4.39 Å². The predicted octanol–water partition coefficient (Wildman–Crippen LogP) is 3.86. The van der Waals surface area contributed by atoms with Crippen molar-refractivity contribution in [3.05, 3.63) is 76.2 Å². The summed E-state index contributed by atoms with van der Waals surface area (Å²) >= 11 is 6.25. The third kappa shape index (κ3) is 2.84. The van der Waals surface area contributed by atoms with Gasteiger partial charge < -0.3 is 10.5 Å². The number of rotatable bonds is 4. The van der Waals surface area contributed by atoms with Crippen molar-refractivity contribution in [2.75, 3.05) is 7.11 Å². The van der Waals surface area contributed by atoms with E-state index in [4.69, 9.17) is 22.1 Å². The van der Waals surface area contributed by atoms with Crippen LogP contribution in [0.2, 0.25) is 5.02 Å². The van der Waals surface area contributed by atoms with E-state index in [1.807, 2.05) is 0 Å². The quantitative estimate of drug-likeness (QED) is 0.781. The van der Waals surface area contributed by atoms with Gasteiger partial charge in [0, 0.05) is 29.8 Å². The summed E-state index contributed by atoms with van der Waals surface area (Å²) in [7, 11) is 1.48. The van der Waals surface area contributed by atoms with Crippen molar-refractivity contribution in [2.45, 2.75) is 6.10 Å². The number of aromatic nitrogens is 1. The van der Waals surface area contributed by atoms with Gasteiger partial charge in [0.2, 0.25) is 5.91 Å². The van der Waals surface area contributed by atoms with Crippen LogP contribution >= 0.6 is 11.6 Å². The molecule has 0 saturated carbocycles. The molecule has 0 bridgehead atoms. The van der Waals surface area contributed by atoms with Crippen LogP contribution in [0.15, 0.2) is 48.7 Å². The van der Waals surface area contributed by atoms with E-state index in [1.165, 1.54) is 25.3 Å². The van der Waals surface area contributed by atoms with Gasteiger partial charge in [-0.15, -0.1) is 0 Å². The number of carbonyl (C=O) groups is 1. The lowest BCUT2D eigenvalue weighted by Gasteiger charge is -2.21. The Kier molecular flexibility index (Phi) is 4.46. The molecule has 0 aliphatic carbocycles. The van der Waals surface area contributed by atoms with E-state index in [2.05, 4.69) is 4.98 Å². The van der Waals surface area contributed by atoms with Crippen LogP contribution in [0.3, 0.4) is 0 Å². The standard InChI is InChI=1S/C18H14ClFN2O2/c1-24-17(10-4-2-5-11(20)8-10)15-13(18(21)23)9-14(19)12-6-3-7-22-16(12)15/h2-9,17H,1H3,(H2,21,23). The van der Waals surface area contributed by atoms with E-state index in [9.17, 15) is 9.18 Å². The van der Waals surface area contributed by atoms with Crippen LogP contribution in [0.1, 0.15) is 27.6 Å². The highest BCUT2D eigenvalue weighted by Gasteiger charge is 2.25. The minimum atomic E-state index is -0.710. The van der Waals surface area contributed by atoms with Gasteiger partial charge >= 0.3 is 0 Å². The molecule has 0 radical (unpaired) electrons. The van der Waals surface area contributed by atoms with Gasteiger partial charge in [0.25, 0.3) is 0 Å². The van der Waals surface area contributed by atoms with Crippen molar-refractivity contribution in [1.29, 1.82) is 0 Å². The molecule has 6 heteroatoms. The number of benzene rings is 2. The lowest BCUT2D eigenvalue weighted by molar-refractivity contribution is 0.0988. The zero-order valence-corrected chi connectivity index (χ0v) is 13.5. The van der Waals surface area contributed by atoms with E-state index < -0.39 is 17.8 Å². The van der Waals surface area contributed by atoms with Crippen LogP contribution < -0.4 is 5.73 Å². The smallest absolute Gasteiger partial charge is 0.249 e. The molecule has 2 aromatic carbocycles. The molecule has 2 N–H and O–H groups in total. The first-order chi connectivity index (χ1) is 11.5. The van der Waals surface area contributed by atoms with Crippen molar-refractivity contribution in [1.82, 2.24) is 4.98 Å². The molecule has 1 unspecified atom stereocenters. The second-order valence-corrected chi connectivity index (χ2v) is 5.66. The topological polar surface area (TPSA) is 65.2 Å². The predicted molar refractivity (Wildman–Crippen MR) is 90.5 cm³/mol. The third-order valence-electron chi connectivity index (χ3n) is 3.80. The molecule has 0 fully saturated rings. The first-order valence-corrected chi connectivity index (χ1v) is 7.56. The number of nitrogens with two attached hydrogens (primary N) is 1. The van der Waals surface area contributed by atoms with Crippen molar-refractivity contribution in [3.63, 3.8) is 0 Å². The molecule has 1 amide bonds. The molecule has 1 atom stereocenters. The number of methoxy groups -OCH3 is 1. The third-order valence-corrected chi connectivity index (χ3v) is 4.11. The maximum Gasteiger partial charge on any atom is 0.249 e. The van der Waals surface area contributed by atoms with E-state index >= 15 is 0 Å². The Morgan fingerprint density at radius 3 is 2.75 bits per heavy atom. The summed E-state index contributed by atoms with van der Waals surface area (Å²) in [5.41, 5.74) is 7.23. The summed E-state index contributed by atoms with van der Waals surface area (Å²) in [6.45, 7) is 0. The zero-order chi connectivity index (χ0) is 17.3. The summed E-state index contributed by atoms with van der Waals surface area (Å²) in [5, 5.41) is 1.03. The van der Waals surface area contributed by atoms with Crippen molar-refractivity contribution in [2.24, 2.45) is 5.73 Å². The maximum absolute atomic E-state index is 13.6. The number of fused-ring (bicyclic) bond motifs is 1. The molecule has 24 heavy (non-hydrogen) atoms. The SMILES string of the molecule is COC(c1cccc(F)c1)c1c(C(N)=O)cc(Cl)c2cccnc12. The lowest BCUT2D eigenvalue weighted by Crippen LogP contribution is -2.18. The van der Waals surface area contributed by atoms with Crippen molar-refractivity contribution in [3.8, 4) is 0 Å². The van der Waals surface area contributed by atoms with Crippen LogP contribution in [-0.2, 0) is 4.74 Å². The number of hydrogen-bond acceptors (Lipinski definition) is 3. The number of ether oxygens (including phenoxy) is 1. The molecule has 122 valence electrons. The normalized spacial score (nSPS) is 12.3. The van der Waals surface area contributed by atoms with Gasteiger partial charge in [-0.3, -0.25) is 9.78 Å². The Labute approximate surface area is 143 Å². The van der Waals surface area contributed by atoms with Gasteiger partial charge in [0.15, 0.2) is 0 Å². The molecular weight excluding hydrogens is 331 g/mol. The van der Waals surface area contributed by atoms with Crippen LogP contribution in [0.4, 0.5) is 4.39 Å². The van der Waals surface area contributed by atoms with Crippen LogP contribution in [0, 0.1) is 5.82 Å². The zero-order valence-electron chi connectivity index (χ0n) is 12.8. The van der Waals surface area contributed by atoms with Gasteiger partial charge in [-0.2, -0.15) is 0 Å². The monoisotopic (exact) mass is 344 g/mol. The maximum atomic E-state index is 13.6. The number of amides is 1. The van der Waals surface area contributed by atoms with Gasteiger partial charge in [-0.1, -0.05) is 23.7 Å². The van der Waals surface area contributed by atoms with Crippen LogP contribution in [-0.4, -0.2) is 18.0 Å². The fraction of sp³-hybridized carbons (Fsp3) is 0.111. The highest BCUT2D eigenvalue weighted by molar-refractivity contribution is 6.36. The summed E-state index contributed by atoms with van der Waals surface area (Å²) < 4.78 is 19.2. The summed E-state index contributed by atoms with van der Waals surface area (Å²) in [6, 6.07) is 11.0. The Morgan fingerprint density at radius 2 is 2.08 bits per heavy atom. The van der Waals surface area contributed by atoms with E-state index in [0.717, 1.165) is 0 Å². The van der Waals surface area contributed by atoms with E-state index in [1.54, 1.807) is 30.5 Å². The summed E-state index contributed by atoms with van der Waals surface area (Å²) in [5.74, 6) is -1.06. The molecule has 0 saturated heterocycles. The Morgan fingerprint density at radius 1 is 1.29 bits per heavy atom. The molecule has 4 nitrogen and oxygen atoms in total. The van der Waals surface area contributed by atoms with Gasteiger partial charge in [0.1, 0.15) is 11.9 Å². The molecule has 3 rings (SSSR count). The highest BCUT2D eigenvalue weighted by Crippen LogP contribution is 2.36. The second-order valence-electron chi connectivity index (χ2n) is 5.25. The number of nitrogens with zero attached hydrogens (tertiary/aromatic N) is 1. The fourth-order valence-corrected chi connectivity index (χ4v) is 3.04. The number of hydrogen-bond donors (Lipinski definition) is 1. The van der Waals surface area contributed by atoms with Crippen LogP contribution in [0.5, 0.6) is 0 Å².